The summed E-state index contributed by atoms with van der Waals surface area (Å²) < 4.78 is 1.85. The van der Waals surface area contributed by atoms with Crippen molar-refractivity contribution in [3.63, 3.8) is 0 Å². The number of carbonyl (C=O) groups excluding carboxylic acids is 2. The highest BCUT2D eigenvalue weighted by atomic mass is 16.2. The smallest absolute Gasteiger partial charge is 0.223 e. The van der Waals surface area contributed by atoms with E-state index in [1.54, 1.807) is 0 Å². The molecule has 22 heavy (non-hydrogen) atoms. The summed E-state index contributed by atoms with van der Waals surface area (Å²) in [6, 6.07) is 0.132. The fourth-order valence-electron chi connectivity index (χ4n) is 2.42. The van der Waals surface area contributed by atoms with Gasteiger partial charge in [-0.25, -0.2) is 0 Å². The van der Waals surface area contributed by atoms with Crippen molar-refractivity contribution < 1.29 is 9.59 Å². The summed E-state index contributed by atoms with van der Waals surface area (Å²) in [6.07, 6.45) is 1.10. The Morgan fingerprint density at radius 1 is 1.32 bits per heavy atom. The maximum Gasteiger partial charge on any atom is 0.223 e. The zero-order valence-electron chi connectivity index (χ0n) is 14.6. The monoisotopic (exact) mass is 308 g/mol. The third-order valence-corrected chi connectivity index (χ3v) is 3.87. The van der Waals surface area contributed by atoms with Crippen molar-refractivity contribution in [2.24, 2.45) is 7.05 Å². The number of hydrogen-bond donors (Lipinski definition) is 1. The summed E-state index contributed by atoms with van der Waals surface area (Å²) in [6.45, 7) is 10.6. The number of nitrogens with zero attached hydrogens (tertiary/aromatic N) is 3. The van der Waals surface area contributed by atoms with Crippen molar-refractivity contribution in [3.05, 3.63) is 17.0 Å². The second-order valence-electron chi connectivity index (χ2n) is 5.97. The standard InChI is InChI=1S/C16H28N4O2/c1-11(2)20(16(22)8-7-9-17-14(5)21)10-15-12(3)18-19(6)13(15)4/h11H,7-10H2,1-6H3,(H,17,21). The molecule has 0 saturated carbocycles. The molecule has 0 bridgehead atoms. The number of nitrogens with one attached hydrogen (secondary N) is 1. The summed E-state index contributed by atoms with van der Waals surface area (Å²) in [5, 5.41) is 7.13. The number of hydrogen-bond acceptors (Lipinski definition) is 3. The normalized spacial score (nSPS) is 10.9. The van der Waals surface area contributed by atoms with Crippen LogP contribution in [0.3, 0.4) is 0 Å². The van der Waals surface area contributed by atoms with Gasteiger partial charge in [0.05, 0.1) is 5.69 Å². The van der Waals surface area contributed by atoms with E-state index in [9.17, 15) is 9.59 Å². The Bertz CT molecular complexity index is 534. The van der Waals surface area contributed by atoms with Crippen LogP contribution < -0.4 is 5.32 Å². The third kappa shape index (κ3) is 4.86. The quantitative estimate of drug-likeness (QED) is 0.780. The summed E-state index contributed by atoms with van der Waals surface area (Å²) in [4.78, 5) is 25.2. The van der Waals surface area contributed by atoms with Crippen molar-refractivity contribution in [3.8, 4) is 0 Å². The lowest BCUT2D eigenvalue weighted by Crippen LogP contribution is -2.37. The van der Waals surface area contributed by atoms with E-state index in [4.69, 9.17) is 0 Å². The highest BCUT2D eigenvalue weighted by Crippen LogP contribution is 2.17. The van der Waals surface area contributed by atoms with Gasteiger partial charge in [-0.1, -0.05) is 0 Å². The SMILES string of the molecule is CC(=O)NCCCC(=O)N(Cc1c(C)nn(C)c1C)C(C)C. The molecule has 6 nitrogen and oxygen atoms in total. The Balaban J connectivity index is 2.69. The molecule has 1 rings (SSSR count). The predicted molar refractivity (Wildman–Crippen MR) is 86.3 cm³/mol. The average Bonchev–Trinajstić information content (AvgIpc) is 2.65. The van der Waals surface area contributed by atoms with Crippen molar-refractivity contribution in [1.82, 2.24) is 20.0 Å². The zero-order chi connectivity index (χ0) is 16.9. The number of carbonyl (C=O) groups is 2. The van der Waals surface area contributed by atoms with Crippen molar-refractivity contribution in [1.29, 1.82) is 0 Å². The topological polar surface area (TPSA) is 67.2 Å². The summed E-state index contributed by atoms with van der Waals surface area (Å²) in [5.41, 5.74) is 3.18. The molecule has 124 valence electrons. The van der Waals surface area contributed by atoms with Gasteiger partial charge in [0.15, 0.2) is 0 Å². The molecule has 0 saturated heterocycles. The maximum atomic E-state index is 12.4. The van der Waals surface area contributed by atoms with Gasteiger partial charge in [0.1, 0.15) is 0 Å². The molecule has 1 aromatic heterocycles. The largest absolute Gasteiger partial charge is 0.356 e. The molecule has 1 aromatic rings. The van der Waals surface area contributed by atoms with Crippen LogP contribution in [0.2, 0.25) is 0 Å². The first kappa shape index (κ1) is 18.2. The molecule has 0 atom stereocenters. The van der Waals surface area contributed by atoms with Gasteiger partial charge in [0, 0.05) is 50.8 Å². The minimum absolute atomic E-state index is 0.0604. The molecule has 0 fully saturated rings. The summed E-state index contributed by atoms with van der Waals surface area (Å²) >= 11 is 0. The van der Waals surface area contributed by atoms with Gasteiger partial charge in [-0.2, -0.15) is 5.10 Å². The molecule has 0 aliphatic rings. The Morgan fingerprint density at radius 2 is 1.95 bits per heavy atom. The lowest BCUT2D eigenvalue weighted by molar-refractivity contribution is -0.133. The molecule has 1 heterocycles. The molecule has 0 spiro atoms. The number of amides is 2. The molecule has 6 heteroatoms. The fourth-order valence-corrected chi connectivity index (χ4v) is 2.42. The molecular weight excluding hydrogens is 280 g/mol. The van der Waals surface area contributed by atoms with Gasteiger partial charge in [-0.3, -0.25) is 14.3 Å². The Kier molecular flexibility index (Phi) is 6.59. The Morgan fingerprint density at radius 3 is 2.41 bits per heavy atom. The first-order valence-corrected chi connectivity index (χ1v) is 7.77. The van der Waals surface area contributed by atoms with Gasteiger partial charge in [-0.15, -0.1) is 0 Å². The fraction of sp³-hybridized carbons (Fsp3) is 0.688. The van der Waals surface area contributed by atoms with E-state index >= 15 is 0 Å². The van der Waals surface area contributed by atoms with E-state index in [0.717, 1.165) is 17.0 Å². The average molecular weight is 308 g/mol. The van der Waals surface area contributed by atoms with Crippen LogP contribution in [-0.4, -0.2) is 39.1 Å². The van der Waals surface area contributed by atoms with E-state index in [1.165, 1.54) is 6.92 Å². The van der Waals surface area contributed by atoms with Gasteiger partial charge in [0.2, 0.25) is 11.8 Å². The van der Waals surface area contributed by atoms with E-state index in [2.05, 4.69) is 10.4 Å². The number of aromatic nitrogens is 2. The second-order valence-corrected chi connectivity index (χ2v) is 5.97. The Labute approximate surface area is 132 Å². The minimum atomic E-state index is -0.0604. The first-order valence-electron chi connectivity index (χ1n) is 7.77. The van der Waals surface area contributed by atoms with E-state index in [-0.39, 0.29) is 17.9 Å². The van der Waals surface area contributed by atoms with Crippen LogP contribution in [0.4, 0.5) is 0 Å². The molecule has 0 unspecified atom stereocenters. The molecule has 0 aliphatic heterocycles. The predicted octanol–water partition coefficient (Wildman–Crippen LogP) is 1.69. The molecule has 0 aliphatic carbocycles. The first-order chi connectivity index (χ1) is 10.2. The number of aryl methyl sites for hydroxylation is 2. The number of rotatable bonds is 7. The lowest BCUT2D eigenvalue weighted by atomic mass is 10.1. The van der Waals surface area contributed by atoms with Crippen LogP contribution in [0.5, 0.6) is 0 Å². The van der Waals surface area contributed by atoms with Gasteiger partial charge >= 0.3 is 0 Å². The Hall–Kier alpha value is -1.85. The maximum absolute atomic E-state index is 12.4. The molecule has 0 aromatic carbocycles. The van der Waals surface area contributed by atoms with E-state index in [1.807, 2.05) is 44.3 Å². The highest BCUT2D eigenvalue weighted by Gasteiger charge is 2.20. The second kappa shape index (κ2) is 7.96. The van der Waals surface area contributed by atoms with E-state index in [0.29, 0.717) is 25.9 Å². The van der Waals surface area contributed by atoms with Crippen LogP contribution >= 0.6 is 0 Å². The van der Waals surface area contributed by atoms with Crippen LogP contribution in [0.15, 0.2) is 0 Å². The van der Waals surface area contributed by atoms with Crippen molar-refractivity contribution in [2.45, 2.75) is 60.0 Å². The lowest BCUT2D eigenvalue weighted by Gasteiger charge is -2.27. The van der Waals surface area contributed by atoms with Gasteiger partial charge < -0.3 is 10.2 Å². The van der Waals surface area contributed by atoms with Crippen molar-refractivity contribution in [2.75, 3.05) is 6.54 Å². The van der Waals surface area contributed by atoms with Gasteiger partial charge in [0.25, 0.3) is 0 Å². The van der Waals surface area contributed by atoms with Crippen LogP contribution in [0.1, 0.15) is 50.6 Å². The molecule has 2 amide bonds. The molecule has 0 radical (unpaired) electrons. The third-order valence-electron chi connectivity index (χ3n) is 3.87. The van der Waals surface area contributed by atoms with Crippen molar-refractivity contribution >= 4 is 11.8 Å². The summed E-state index contributed by atoms with van der Waals surface area (Å²) in [7, 11) is 1.92. The van der Waals surface area contributed by atoms with Crippen LogP contribution in [-0.2, 0) is 23.2 Å². The van der Waals surface area contributed by atoms with Crippen LogP contribution in [0, 0.1) is 13.8 Å². The summed E-state index contributed by atoms with van der Waals surface area (Å²) in [5.74, 6) is 0.0535. The zero-order valence-corrected chi connectivity index (χ0v) is 14.6. The molecular formula is C16H28N4O2. The molecule has 1 N–H and O–H groups in total. The van der Waals surface area contributed by atoms with E-state index < -0.39 is 0 Å². The van der Waals surface area contributed by atoms with Gasteiger partial charge in [-0.05, 0) is 34.1 Å². The highest BCUT2D eigenvalue weighted by molar-refractivity contribution is 5.76. The minimum Gasteiger partial charge on any atom is -0.356 e. The van der Waals surface area contributed by atoms with Crippen LogP contribution in [0.25, 0.3) is 0 Å².